The van der Waals surface area contributed by atoms with Gasteiger partial charge < -0.3 is 14.8 Å². The number of nitrogens with zero attached hydrogens (tertiary/aromatic N) is 1. The highest BCUT2D eigenvalue weighted by atomic mass is 16.5. The molecule has 0 aliphatic heterocycles. The maximum atomic E-state index is 9.32. The summed E-state index contributed by atoms with van der Waals surface area (Å²) in [5.74, 6) is 0.415. The average Bonchev–Trinajstić information content (AvgIpc) is 2.76. The van der Waals surface area contributed by atoms with Crippen molar-refractivity contribution in [3.8, 4) is 6.07 Å². The second kappa shape index (κ2) is 7.73. The van der Waals surface area contributed by atoms with Crippen molar-refractivity contribution >= 4 is 0 Å². The van der Waals surface area contributed by atoms with Crippen LogP contribution in [-0.2, 0) is 9.47 Å². The van der Waals surface area contributed by atoms with Crippen LogP contribution >= 0.6 is 0 Å². The van der Waals surface area contributed by atoms with E-state index in [0.29, 0.717) is 19.1 Å². The number of rotatable bonds is 8. The molecule has 0 spiro atoms. The molecule has 0 saturated heterocycles. The Kier molecular flexibility index (Phi) is 6.62. The lowest BCUT2D eigenvalue weighted by Gasteiger charge is -2.28. The van der Waals surface area contributed by atoms with E-state index >= 15 is 0 Å². The zero-order valence-electron chi connectivity index (χ0n) is 11.9. The van der Waals surface area contributed by atoms with Gasteiger partial charge in [0.1, 0.15) is 5.54 Å². The Hall–Kier alpha value is -0.630. The van der Waals surface area contributed by atoms with Crippen LogP contribution in [0.25, 0.3) is 0 Å². The van der Waals surface area contributed by atoms with E-state index in [2.05, 4.69) is 11.4 Å². The van der Waals surface area contributed by atoms with Crippen LogP contribution in [0.3, 0.4) is 0 Å². The summed E-state index contributed by atoms with van der Waals surface area (Å²) in [6, 6.07) is 2.45. The first-order valence-corrected chi connectivity index (χ1v) is 6.94. The highest BCUT2D eigenvalue weighted by Crippen LogP contribution is 2.37. The Morgan fingerprint density at radius 2 is 2.17 bits per heavy atom. The maximum absolute atomic E-state index is 9.32. The molecule has 0 heterocycles. The molecular formula is C14H26N2O2. The summed E-state index contributed by atoms with van der Waals surface area (Å²) in [5.41, 5.74) is -0.322. The number of hydrogen-bond donors (Lipinski definition) is 1. The van der Waals surface area contributed by atoms with E-state index in [-0.39, 0.29) is 11.6 Å². The third-order valence-corrected chi connectivity index (χ3v) is 3.76. The van der Waals surface area contributed by atoms with Crippen LogP contribution in [0.2, 0.25) is 0 Å². The van der Waals surface area contributed by atoms with Gasteiger partial charge in [0.25, 0.3) is 0 Å². The molecule has 1 saturated carbocycles. The molecule has 1 rings (SSSR count). The molecule has 2 atom stereocenters. The molecule has 0 bridgehead atoms. The van der Waals surface area contributed by atoms with Gasteiger partial charge in [-0.15, -0.1) is 0 Å². The maximum Gasteiger partial charge on any atom is 0.109 e. The lowest BCUT2D eigenvalue weighted by atomic mass is 9.86. The molecule has 0 aromatic rings. The van der Waals surface area contributed by atoms with Crippen molar-refractivity contribution in [2.75, 3.05) is 26.9 Å². The van der Waals surface area contributed by atoms with Gasteiger partial charge >= 0.3 is 0 Å². The van der Waals surface area contributed by atoms with Gasteiger partial charge in [0, 0.05) is 6.61 Å². The standard InChI is InChI=1S/C14H26N2O2/c1-12(2)18-10-9-17-8-6-13-5-4-7-14(13,11-15)16-3/h12-13,16H,4-10H2,1-3H3. The summed E-state index contributed by atoms with van der Waals surface area (Å²) in [6.07, 6.45) is 4.44. The fourth-order valence-electron chi connectivity index (χ4n) is 2.67. The van der Waals surface area contributed by atoms with Crippen molar-refractivity contribution < 1.29 is 9.47 Å². The Labute approximate surface area is 111 Å². The average molecular weight is 254 g/mol. The molecule has 1 aliphatic rings. The van der Waals surface area contributed by atoms with E-state index < -0.39 is 0 Å². The van der Waals surface area contributed by atoms with Crippen LogP contribution in [0.4, 0.5) is 0 Å². The van der Waals surface area contributed by atoms with Gasteiger partial charge in [-0.05, 0) is 46.1 Å². The Morgan fingerprint density at radius 1 is 1.39 bits per heavy atom. The first-order valence-electron chi connectivity index (χ1n) is 6.94. The van der Waals surface area contributed by atoms with Crippen molar-refractivity contribution in [1.82, 2.24) is 5.32 Å². The second-order valence-electron chi connectivity index (χ2n) is 5.24. The minimum absolute atomic E-state index is 0.263. The van der Waals surface area contributed by atoms with Crippen molar-refractivity contribution in [2.45, 2.75) is 51.2 Å². The molecular weight excluding hydrogens is 228 g/mol. The Bertz CT molecular complexity index is 275. The number of hydrogen-bond acceptors (Lipinski definition) is 4. The zero-order chi connectivity index (χ0) is 13.4. The highest BCUT2D eigenvalue weighted by molar-refractivity contribution is 5.13. The van der Waals surface area contributed by atoms with Gasteiger partial charge in [-0.3, -0.25) is 0 Å². The van der Waals surface area contributed by atoms with E-state index in [1.807, 2.05) is 20.9 Å². The molecule has 1 N–H and O–H groups in total. The third-order valence-electron chi connectivity index (χ3n) is 3.76. The van der Waals surface area contributed by atoms with Crippen LogP contribution in [0.5, 0.6) is 0 Å². The summed E-state index contributed by atoms with van der Waals surface area (Å²) in [7, 11) is 1.89. The normalized spacial score (nSPS) is 27.6. The minimum Gasteiger partial charge on any atom is -0.379 e. The lowest BCUT2D eigenvalue weighted by molar-refractivity contribution is 0.0151. The van der Waals surface area contributed by atoms with Crippen molar-refractivity contribution in [2.24, 2.45) is 5.92 Å². The Morgan fingerprint density at radius 3 is 2.78 bits per heavy atom. The SMILES string of the molecule is CNC1(C#N)CCCC1CCOCCOC(C)C. The Balaban J connectivity index is 2.17. The summed E-state index contributed by atoms with van der Waals surface area (Å²) in [5, 5.41) is 12.5. The van der Waals surface area contributed by atoms with Crippen LogP contribution < -0.4 is 5.32 Å². The summed E-state index contributed by atoms with van der Waals surface area (Å²) in [4.78, 5) is 0. The fourth-order valence-corrected chi connectivity index (χ4v) is 2.67. The van der Waals surface area contributed by atoms with Gasteiger partial charge in [-0.1, -0.05) is 6.42 Å². The molecule has 1 fully saturated rings. The first kappa shape index (κ1) is 15.4. The third kappa shape index (κ3) is 4.24. The molecule has 4 heteroatoms. The van der Waals surface area contributed by atoms with Crippen LogP contribution in [0.1, 0.15) is 39.5 Å². The van der Waals surface area contributed by atoms with Crippen molar-refractivity contribution in [1.29, 1.82) is 5.26 Å². The van der Waals surface area contributed by atoms with Crippen LogP contribution in [0, 0.1) is 17.2 Å². The lowest BCUT2D eigenvalue weighted by Crippen LogP contribution is -2.45. The molecule has 0 aromatic heterocycles. The molecule has 0 aromatic carbocycles. The molecule has 104 valence electrons. The topological polar surface area (TPSA) is 54.3 Å². The van der Waals surface area contributed by atoms with Gasteiger partial charge in [0.2, 0.25) is 0 Å². The molecule has 2 unspecified atom stereocenters. The second-order valence-corrected chi connectivity index (χ2v) is 5.24. The largest absolute Gasteiger partial charge is 0.379 e. The van der Waals surface area contributed by atoms with Gasteiger partial charge in [0.05, 0.1) is 25.4 Å². The summed E-state index contributed by atoms with van der Waals surface area (Å²) in [6.45, 7) is 6.05. The molecule has 4 nitrogen and oxygen atoms in total. The van der Waals surface area contributed by atoms with Crippen molar-refractivity contribution in [3.05, 3.63) is 0 Å². The van der Waals surface area contributed by atoms with E-state index in [1.165, 1.54) is 0 Å². The monoisotopic (exact) mass is 254 g/mol. The summed E-state index contributed by atoms with van der Waals surface area (Å²) >= 11 is 0. The van der Waals surface area contributed by atoms with Crippen LogP contribution in [-0.4, -0.2) is 38.5 Å². The number of ether oxygens (including phenoxy) is 2. The highest BCUT2D eigenvalue weighted by Gasteiger charge is 2.41. The van der Waals surface area contributed by atoms with E-state index in [1.54, 1.807) is 0 Å². The van der Waals surface area contributed by atoms with E-state index in [9.17, 15) is 5.26 Å². The predicted octanol–water partition coefficient (Wildman–Crippen LogP) is 2.10. The predicted molar refractivity (Wildman–Crippen MR) is 71.3 cm³/mol. The first-order chi connectivity index (χ1) is 8.64. The van der Waals surface area contributed by atoms with Gasteiger partial charge in [0.15, 0.2) is 0 Å². The molecule has 0 radical (unpaired) electrons. The minimum atomic E-state index is -0.322. The van der Waals surface area contributed by atoms with E-state index in [4.69, 9.17) is 9.47 Å². The quantitative estimate of drug-likeness (QED) is 0.674. The molecule has 18 heavy (non-hydrogen) atoms. The van der Waals surface area contributed by atoms with Crippen molar-refractivity contribution in [3.63, 3.8) is 0 Å². The molecule has 1 aliphatic carbocycles. The van der Waals surface area contributed by atoms with Gasteiger partial charge in [-0.25, -0.2) is 0 Å². The fraction of sp³-hybridized carbons (Fsp3) is 0.929. The number of nitrogens with one attached hydrogen (secondary N) is 1. The molecule has 0 amide bonds. The number of nitriles is 1. The smallest absolute Gasteiger partial charge is 0.109 e. The summed E-state index contributed by atoms with van der Waals surface area (Å²) < 4.78 is 11.0. The van der Waals surface area contributed by atoms with Gasteiger partial charge in [-0.2, -0.15) is 5.26 Å². The van der Waals surface area contributed by atoms with Crippen LogP contribution in [0.15, 0.2) is 0 Å². The van der Waals surface area contributed by atoms with E-state index in [0.717, 1.165) is 32.3 Å². The zero-order valence-corrected chi connectivity index (χ0v) is 11.9.